The molecule has 5 nitrogen and oxygen atoms in total. The molecule has 0 heterocycles. The van der Waals surface area contributed by atoms with Gasteiger partial charge in [-0.25, -0.2) is 0 Å². The van der Waals surface area contributed by atoms with Crippen LogP contribution in [0.2, 0.25) is 0 Å². The molecule has 0 saturated heterocycles. The Bertz CT molecular complexity index is 490. The number of carbonyl (C=O) groups is 1. The fourth-order valence-corrected chi connectivity index (χ4v) is 2.16. The number of hydrogen-bond donors (Lipinski definition) is 2. The van der Waals surface area contributed by atoms with Crippen molar-refractivity contribution in [3.05, 3.63) is 29.8 Å². The van der Waals surface area contributed by atoms with Gasteiger partial charge in [-0.05, 0) is 52.8 Å². The van der Waals surface area contributed by atoms with Gasteiger partial charge in [0, 0.05) is 5.56 Å². The number of nitrogens with one attached hydrogen (secondary N) is 1. The van der Waals surface area contributed by atoms with Crippen molar-refractivity contribution in [3.63, 3.8) is 0 Å². The number of hydrogen-bond acceptors (Lipinski definition) is 4. The van der Waals surface area contributed by atoms with Crippen molar-refractivity contribution < 1.29 is 4.79 Å². The smallest absolute Gasteiger partial charge is 0.238 e. The molecular formula is C15H24N4OS. The van der Waals surface area contributed by atoms with Gasteiger partial charge in [-0.2, -0.15) is 0 Å². The summed E-state index contributed by atoms with van der Waals surface area (Å²) in [5.41, 5.74) is 7.01. The minimum atomic E-state index is -0.0638. The minimum absolute atomic E-state index is 0.0638. The highest BCUT2D eigenvalue weighted by molar-refractivity contribution is 7.80. The third-order valence-corrected chi connectivity index (χ3v) is 3.25. The lowest BCUT2D eigenvalue weighted by molar-refractivity contribution is -0.117. The van der Waals surface area contributed by atoms with Gasteiger partial charge >= 0.3 is 0 Å². The van der Waals surface area contributed by atoms with Crippen LogP contribution in [0, 0.1) is 0 Å². The number of amides is 1. The van der Waals surface area contributed by atoms with Crippen LogP contribution in [-0.4, -0.2) is 61.5 Å². The summed E-state index contributed by atoms with van der Waals surface area (Å²) in [7, 11) is 6.02. The molecule has 1 rings (SSSR count). The topological polar surface area (TPSA) is 61.6 Å². The van der Waals surface area contributed by atoms with Gasteiger partial charge in [0.1, 0.15) is 4.99 Å². The van der Waals surface area contributed by atoms with Crippen molar-refractivity contribution in [2.45, 2.75) is 6.42 Å². The first-order chi connectivity index (χ1) is 9.90. The number of para-hydroxylation sites is 1. The maximum absolute atomic E-state index is 12.0. The van der Waals surface area contributed by atoms with Crippen LogP contribution in [0.15, 0.2) is 24.3 Å². The molecule has 0 bridgehead atoms. The molecule has 0 aliphatic heterocycles. The summed E-state index contributed by atoms with van der Waals surface area (Å²) in [5.74, 6) is -0.0638. The zero-order valence-electron chi connectivity index (χ0n) is 12.9. The fourth-order valence-electron chi connectivity index (χ4n) is 1.98. The Morgan fingerprint density at radius 1 is 1.24 bits per heavy atom. The molecule has 0 saturated carbocycles. The minimum Gasteiger partial charge on any atom is -0.389 e. The first-order valence-corrected chi connectivity index (χ1v) is 7.33. The Labute approximate surface area is 132 Å². The van der Waals surface area contributed by atoms with Crippen LogP contribution < -0.4 is 11.1 Å². The van der Waals surface area contributed by atoms with Gasteiger partial charge in [0.25, 0.3) is 0 Å². The van der Waals surface area contributed by atoms with Crippen LogP contribution in [0.3, 0.4) is 0 Å². The summed E-state index contributed by atoms with van der Waals surface area (Å²) in [4.78, 5) is 16.5. The summed E-state index contributed by atoms with van der Waals surface area (Å²) in [6, 6.07) is 7.30. The van der Waals surface area contributed by atoms with E-state index in [0.29, 0.717) is 17.8 Å². The lowest BCUT2D eigenvalue weighted by Crippen LogP contribution is -2.32. The van der Waals surface area contributed by atoms with E-state index in [0.717, 1.165) is 19.5 Å². The third kappa shape index (κ3) is 6.66. The van der Waals surface area contributed by atoms with Gasteiger partial charge in [0.15, 0.2) is 0 Å². The summed E-state index contributed by atoms with van der Waals surface area (Å²) < 4.78 is 0. The predicted molar refractivity (Wildman–Crippen MR) is 91.6 cm³/mol. The second kappa shape index (κ2) is 8.71. The lowest BCUT2D eigenvalue weighted by Gasteiger charge is -2.18. The van der Waals surface area contributed by atoms with E-state index in [1.54, 1.807) is 12.1 Å². The van der Waals surface area contributed by atoms with Crippen LogP contribution in [0.25, 0.3) is 0 Å². The van der Waals surface area contributed by atoms with E-state index < -0.39 is 0 Å². The molecule has 1 aromatic carbocycles. The predicted octanol–water partition coefficient (Wildman–Crippen LogP) is 1.14. The van der Waals surface area contributed by atoms with Crippen LogP contribution >= 0.6 is 12.2 Å². The van der Waals surface area contributed by atoms with Crippen LogP contribution in [0.5, 0.6) is 0 Å². The largest absolute Gasteiger partial charge is 0.389 e. The molecule has 6 heteroatoms. The Hall–Kier alpha value is -1.50. The molecule has 0 aliphatic rings. The van der Waals surface area contributed by atoms with Gasteiger partial charge in [0.05, 0.1) is 12.2 Å². The third-order valence-electron chi connectivity index (χ3n) is 3.03. The second-order valence-electron chi connectivity index (χ2n) is 5.35. The summed E-state index contributed by atoms with van der Waals surface area (Å²) >= 11 is 4.98. The maximum atomic E-state index is 12.0. The van der Waals surface area contributed by atoms with E-state index in [1.807, 2.05) is 38.2 Å². The molecule has 3 N–H and O–H groups in total. The Morgan fingerprint density at radius 2 is 1.90 bits per heavy atom. The van der Waals surface area contributed by atoms with E-state index in [1.165, 1.54) is 0 Å². The van der Waals surface area contributed by atoms with Crippen molar-refractivity contribution in [2.75, 3.05) is 46.1 Å². The van der Waals surface area contributed by atoms with E-state index in [-0.39, 0.29) is 10.9 Å². The van der Waals surface area contributed by atoms with Crippen molar-refractivity contribution in [2.24, 2.45) is 5.73 Å². The number of thiocarbonyl (C=S) groups is 1. The van der Waals surface area contributed by atoms with Crippen molar-refractivity contribution >= 4 is 28.8 Å². The van der Waals surface area contributed by atoms with Gasteiger partial charge in [-0.15, -0.1) is 0 Å². The summed E-state index contributed by atoms with van der Waals surface area (Å²) in [5, 5.41) is 2.86. The molecular weight excluding hydrogens is 284 g/mol. The van der Waals surface area contributed by atoms with Crippen LogP contribution in [0.1, 0.15) is 12.0 Å². The Morgan fingerprint density at radius 3 is 2.52 bits per heavy atom. The van der Waals surface area contributed by atoms with E-state index in [2.05, 4.69) is 10.2 Å². The normalized spacial score (nSPS) is 10.9. The monoisotopic (exact) mass is 308 g/mol. The van der Waals surface area contributed by atoms with Gasteiger partial charge in [-0.3, -0.25) is 9.69 Å². The molecule has 0 fully saturated rings. The first kappa shape index (κ1) is 17.6. The van der Waals surface area contributed by atoms with Crippen molar-refractivity contribution in [3.8, 4) is 0 Å². The Kier molecular flexibility index (Phi) is 7.28. The van der Waals surface area contributed by atoms with Gasteiger partial charge in [0.2, 0.25) is 5.91 Å². The molecule has 116 valence electrons. The number of anilines is 1. The fraction of sp³-hybridized carbons (Fsp3) is 0.467. The van der Waals surface area contributed by atoms with E-state index in [4.69, 9.17) is 18.0 Å². The highest BCUT2D eigenvalue weighted by Crippen LogP contribution is 2.14. The maximum Gasteiger partial charge on any atom is 0.238 e. The van der Waals surface area contributed by atoms with Crippen LogP contribution in [-0.2, 0) is 4.79 Å². The number of nitrogens with zero attached hydrogens (tertiary/aromatic N) is 2. The van der Waals surface area contributed by atoms with Gasteiger partial charge in [-0.1, -0.05) is 24.4 Å². The van der Waals surface area contributed by atoms with E-state index >= 15 is 0 Å². The van der Waals surface area contributed by atoms with Crippen molar-refractivity contribution in [1.82, 2.24) is 9.80 Å². The first-order valence-electron chi connectivity index (χ1n) is 6.92. The number of carbonyl (C=O) groups excluding carboxylic acids is 1. The lowest BCUT2D eigenvalue weighted by atomic mass is 10.2. The SMILES string of the molecule is CN(C)CCCN(C)CC(=O)Nc1ccccc1C(N)=S. The standard InChI is InChI=1S/C15H24N4OS/c1-18(2)9-6-10-19(3)11-14(20)17-13-8-5-4-7-12(13)15(16)21/h4-5,7-8H,6,9-11H2,1-3H3,(H2,16,21)(H,17,20). The Balaban J connectivity index is 2.48. The molecule has 1 amide bonds. The number of likely N-dealkylation sites (N-methyl/N-ethyl adjacent to an activating group) is 1. The average molecular weight is 308 g/mol. The number of nitrogens with two attached hydrogens (primary N) is 1. The van der Waals surface area contributed by atoms with Crippen LogP contribution in [0.4, 0.5) is 5.69 Å². The zero-order chi connectivity index (χ0) is 15.8. The highest BCUT2D eigenvalue weighted by atomic mass is 32.1. The zero-order valence-corrected chi connectivity index (χ0v) is 13.7. The van der Waals surface area contributed by atoms with Crippen molar-refractivity contribution in [1.29, 1.82) is 0 Å². The molecule has 0 aliphatic carbocycles. The molecule has 1 aromatic rings. The average Bonchev–Trinajstić information content (AvgIpc) is 2.38. The summed E-state index contributed by atoms with van der Waals surface area (Å²) in [6.07, 6.45) is 1.03. The summed E-state index contributed by atoms with van der Waals surface area (Å²) in [6.45, 7) is 2.23. The molecule has 0 unspecified atom stereocenters. The molecule has 0 spiro atoms. The molecule has 21 heavy (non-hydrogen) atoms. The molecule has 0 aromatic heterocycles. The molecule has 0 radical (unpaired) electrons. The van der Waals surface area contributed by atoms with E-state index in [9.17, 15) is 4.79 Å². The molecule has 0 atom stereocenters. The highest BCUT2D eigenvalue weighted by Gasteiger charge is 2.10. The van der Waals surface area contributed by atoms with Gasteiger partial charge < -0.3 is 16.0 Å². The number of rotatable bonds is 8. The number of benzene rings is 1. The quantitative estimate of drug-likeness (QED) is 0.705. The second-order valence-corrected chi connectivity index (χ2v) is 5.79.